The Bertz CT molecular complexity index is 1620. The van der Waals surface area contributed by atoms with Crippen molar-refractivity contribution in [3.63, 3.8) is 0 Å². The summed E-state index contributed by atoms with van der Waals surface area (Å²) in [7, 11) is 1.68. The first-order chi connectivity index (χ1) is 19.0. The van der Waals surface area contributed by atoms with Crippen LogP contribution in [0.15, 0.2) is 60.8 Å². The highest BCUT2D eigenvalue weighted by atomic mass is 16.5. The third-order valence-corrected chi connectivity index (χ3v) is 8.26. The first-order valence-corrected chi connectivity index (χ1v) is 13.5. The Balaban J connectivity index is 1.13. The summed E-state index contributed by atoms with van der Waals surface area (Å²) in [6, 6.07) is 17.7. The fourth-order valence-electron chi connectivity index (χ4n) is 5.98. The largest absolute Gasteiger partial charge is 0.380 e. The number of benzene rings is 2. The second-order valence-electron chi connectivity index (χ2n) is 11.0. The van der Waals surface area contributed by atoms with Crippen molar-refractivity contribution in [2.45, 2.75) is 50.8 Å². The molecule has 2 aromatic heterocycles. The Kier molecular flexibility index (Phi) is 5.63. The molecule has 3 heterocycles. The molecule has 0 atom stereocenters. The van der Waals surface area contributed by atoms with Crippen LogP contribution in [0.1, 0.15) is 61.5 Å². The van der Waals surface area contributed by atoms with Crippen LogP contribution in [0.4, 0.5) is 0 Å². The van der Waals surface area contributed by atoms with Gasteiger partial charge in [-0.2, -0.15) is 0 Å². The second-order valence-corrected chi connectivity index (χ2v) is 11.0. The summed E-state index contributed by atoms with van der Waals surface area (Å²) < 4.78 is 5.16. The summed E-state index contributed by atoms with van der Waals surface area (Å²) in [5, 5.41) is 6.27. The van der Waals surface area contributed by atoms with Crippen LogP contribution >= 0.6 is 0 Å². The highest BCUT2D eigenvalue weighted by Crippen LogP contribution is 2.45. The fraction of sp³-hybridized carbons (Fsp3) is 0.281. The number of aromatic nitrogens is 2. The summed E-state index contributed by atoms with van der Waals surface area (Å²) in [4.78, 5) is 34.3. The SMILES string of the molecule is COCc1ccc(CNC(=O)c2cccc(-c3cc4c(cn3)CCc3c-4[nH]c4c3C(=O)NC3(CC3)C4)c2)cc1. The molecule has 196 valence electrons. The van der Waals surface area contributed by atoms with Gasteiger partial charge in [-0.15, -0.1) is 0 Å². The zero-order chi connectivity index (χ0) is 26.6. The molecule has 1 fully saturated rings. The van der Waals surface area contributed by atoms with Gasteiger partial charge in [-0.1, -0.05) is 36.4 Å². The second kappa shape index (κ2) is 9.20. The smallest absolute Gasteiger partial charge is 0.253 e. The molecule has 1 aliphatic heterocycles. The van der Waals surface area contributed by atoms with Gasteiger partial charge in [-0.05, 0) is 66.1 Å². The number of fused-ring (bicyclic) bond motifs is 5. The van der Waals surface area contributed by atoms with Crippen molar-refractivity contribution < 1.29 is 14.3 Å². The van der Waals surface area contributed by atoms with E-state index >= 15 is 0 Å². The van der Waals surface area contributed by atoms with Gasteiger partial charge in [0.1, 0.15) is 0 Å². The molecule has 2 aromatic carbocycles. The normalized spacial score (nSPS) is 16.2. The molecule has 1 saturated carbocycles. The molecule has 7 rings (SSSR count). The van der Waals surface area contributed by atoms with Crippen molar-refractivity contribution in [1.82, 2.24) is 20.6 Å². The Labute approximate surface area is 227 Å². The zero-order valence-electron chi connectivity index (χ0n) is 21.9. The molecule has 7 nitrogen and oxygen atoms in total. The molecule has 0 radical (unpaired) electrons. The number of amides is 2. The summed E-state index contributed by atoms with van der Waals surface area (Å²) in [5.41, 5.74) is 10.7. The third kappa shape index (κ3) is 4.33. The first kappa shape index (κ1) is 23.9. The molecule has 3 aliphatic rings. The maximum atomic E-state index is 13.0. The third-order valence-electron chi connectivity index (χ3n) is 8.26. The summed E-state index contributed by atoms with van der Waals surface area (Å²) in [6.07, 6.45) is 6.61. The molecule has 39 heavy (non-hydrogen) atoms. The maximum Gasteiger partial charge on any atom is 0.253 e. The van der Waals surface area contributed by atoms with Gasteiger partial charge in [0.05, 0.1) is 23.6 Å². The Hall–Kier alpha value is -4.23. The van der Waals surface area contributed by atoms with E-state index in [1.54, 1.807) is 7.11 Å². The monoisotopic (exact) mass is 518 g/mol. The number of rotatable bonds is 6. The lowest BCUT2D eigenvalue weighted by Gasteiger charge is -2.24. The molecule has 0 saturated heterocycles. The molecular formula is C32H30N4O3. The van der Waals surface area contributed by atoms with E-state index in [0.717, 1.165) is 82.6 Å². The molecule has 7 heteroatoms. The average Bonchev–Trinajstić information content (AvgIpc) is 3.58. The van der Waals surface area contributed by atoms with Crippen LogP contribution in [0.3, 0.4) is 0 Å². The summed E-state index contributed by atoms with van der Waals surface area (Å²) in [5.74, 6) is -0.0660. The number of hydrogen-bond acceptors (Lipinski definition) is 4. The van der Waals surface area contributed by atoms with E-state index in [4.69, 9.17) is 9.72 Å². The average molecular weight is 519 g/mol. The number of nitrogens with one attached hydrogen (secondary N) is 3. The Morgan fingerprint density at radius 2 is 1.90 bits per heavy atom. The summed E-state index contributed by atoms with van der Waals surface area (Å²) >= 11 is 0. The van der Waals surface area contributed by atoms with E-state index in [-0.39, 0.29) is 17.4 Å². The van der Waals surface area contributed by atoms with E-state index in [1.165, 1.54) is 5.56 Å². The van der Waals surface area contributed by atoms with Crippen molar-refractivity contribution in [3.05, 3.63) is 99.9 Å². The molecule has 4 aromatic rings. The van der Waals surface area contributed by atoms with Crippen LogP contribution in [0, 0.1) is 0 Å². The van der Waals surface area contributed by atoms with Crippen molar-refractivity contribution >= 4 is 11.8 Å². The predicted octanol–water partition coefficient (Wildman–Crippen LogP) is 4.74. The molecule has 2 amide bonds. The van der Waals surface area contributed by atoms with E-state index in [0.29, 0.717) is 18.7 Å². The van der Waals surface area contributed by atoms with Crippen molar-refractivity contribution in [2.24, 2.45) is 0 Å². The van der Waals surface area contributed by atoms with E-state index in [1.807, 2.05) is 54.7 Å². The number of carbonyl (C=O) groups is 2. The number of carbonyl (C=O) groups excluding carboxylic acids is 2. The van der Waals surface area contributed by atoms with Crippen molar-refractivity contribution in [3.8, 4) is 22.5 Å². The van der Waals surface area contributed by atoms with Crippen LogP contribution < -0.4 is 10.6 Å². The highest BCUT2D eigenvalue weighted by Gasteiger charge is 2.49. The summed E-state index contributed by atoms with van der Waals surface area (Å²) in [6.45, 7) is 1.02. The van der Waals surface area contributed by atoms with Crippen molar-refractivity contribution in [1.29, 1.82) is 0 Å². The van der Waals surface area contributed by atoms with Gasteiger partial charge in [0.15, 0.2) is 0 Å². The van der Waals surface area contributed by atoms with E-state index < -0.39 is 0 Å². The van der Waals surface area contributed by atoms with Crippen LogP contribution in [0.25, 0.3) is 22.5 Å². The number of pyridine rings is 1. The van der Waals surface area contributed by atoms with Crippen molar-refractivity contribution in [2.75, 3.05) is 7.11 Å². The molecule has 0 unspecified atom stereocenters. The minimum atomic E-state index is -0.130. The lowest BCUT2D eigenvalue weighted by atomic mass is 9.87. The lowest BCUT2D eigenvalue weighted by molar-refractivity contribution is 0.0915. The number of hydrogen-bond donors (Lipinski definition) is 3. The van der Waals surface area contributed by atoms with E-state index in [2.05, 4.69) is 21.7 Å². The van der Waals surface area contributed by atoms with Gasteiger partial charge >= 0.3 is 0 Å². The fourth-order valence-corrected chi connectivity index (χ4v) is 5.98. The maximum absolute atomic E-state index is 13.0. The van der Waals surface area contributed by atoms with Gasteiger partial charge in [0.2, 0.25) is 0 Å². The molecule has 0 bridgehead atoms. The van der Waals surface area contributed by atoms with Gasteiger partial charge in [0.25, 0.3) is 11.8 Å². The molecule has 3 N–H and O–H groups in total. The number of ether oxygens (including phenoxy) is 1. The Morgan fingerprint density at radius 3 is 2.69 bits per heavy atom. The van der Waals surface area contributed by atoms with Gasteiger partial charge < -0.3 is 20.4 Å². The minimum absolute atomic E-state index is 0.0295. The first-order valence-electron chi connectivity index (χ1n) is 13.5. The highest BCUT2D eigenvalue weighted by molar-refractivity contribution is 6.01. The zero-order valence-corrected chi connectivity index (χ0v) is 21.9. The van der Waals surface area contributed by atoms with Gasteiger partial charge in [-0.25, -0.2) is 0 Å². The molecule has 1 spiro atoms. The number of aryl methyl sites for hydroxylation is 1. The number of H-pyrrole nitrogens is 1. The lowest BCUT2D eigenvalue weighted by Crippen LogP contribution is -2.43. The van der Waals surface area contributed by atoms with Crippen LogP contribution in [-0.4, -0.2) is 34.4 Å². The van der Waals surface area contributed by atoms with Crippen LogP contribution in [0.5, 0.6) is 0 Å². The number of methoxy groups -OCH3 is 1. The molecular weight excluding hydrogens is 488 g/mol. The number of aromatic amines is 1. The topological polar surface area (TPSA) is 96.1 Å². The van der Waals surface area contributed by atoms with Gasteiger partial charge in [0, 0.05) is 54.2 Å². The molecule has 2 aliphatic carbocycles. The van der Waals surface area contributed by atoms with E-state index in [9.17, 15) is 9.59 Å². The predicted molar refractivity (Wildman–Crippen MR) is 148 cm³/mol. The number of nitrogens with zero attached hydrogens (tertiary/aromatic N) is 1. The minimum Gasteiger partial charge on any atom is -0.380 e. The van der Waals surface area contributed by atoms with Gasteiger partial charge in [-0.3, -0.25) is 14.6 Å². The quantitative estimate of drug-likeness (QED) is 0.344. The van der Waals surface area contributed by atoms with Crippen LogP contribution in [-0.2, 0) is 37.2 Å². The van der Waals surface area contributed by atoms with Crippen LogP contribution in [0.2, 0.25) is 0 Å². The standard InChI is InChI=1S/C32H30N4O3/c1-39-18-20-7-5-19(6-8-20)16-34-30(37)22-4-2-3-21(13-22)26-14-25-23(17-33-26)9-10-24-28-27(35-29(24)25)15-32(11-12-32)36-31(28)38/h2-8,13-14,17,35H,9-12,15-16,18H2,1H3,(H,34,37)(H,36,38). The Morgan fingerprint density at radius 1 is 1.08 bits per heavy atom.